The standard InChI is InChI=1S/C30H36N4O2S2/c1-30(33-13-17-37-18-14-33,34-15-19-38-20-16-34)36-28-11-8-25(9-12-28)26-7-10-27(31-23-26)21-29(35)32-22-24-5-3-2-4-6-24/h2-12,23H,13-22H2,1H3,(H,32,35). The number of carbonyl (C=O) groups is 1. The van der Waals surface area contributed by atoms with Crippen LogP contribution in [0.3, 0.4) is 0 Å². The average molecular weight is 549 g/mol. The van der Waals surface area contributed by atoms with E-state index < -0.39 is 5.85 Å². The number of hydrogen-bond acceptors (Lipinski definition) is 7. The minimum Gasteiger partial charge on any atom is -0.460 e. The molecule has 2 aromatic carbocycles. The zero-order valence-corrected chi connectivity index (χ0v) is 23.6. The largest absolute Gasteiger partial charge is 0.460 e. The van der Waals surface area contributed by atoms with Crippen LogP contribution in [0.4, 0.5) is 0 Å². The van der Waals surface area contributed by atoms with Crippen molar-refractivity contribution in [2.24, 2.45) is 0 Å². The normalized spacial score (nSPS) is 17.2. The number of aromatic nitrogens is 1. The van der Waals surface area contributed by atoms with E-state index in [2.05, 4.69) is 51.3 Å². The average Bonchev–Trinajstić information content (AvgIpc) is 2.98. The van der Waals surface area contributed by atoms with Crippen molar-refractivity contribution < 1.29 is 9.53 Å². The molecule has 1 aromatic heterocycles. The van der Waals surface area contributed by atoms with Crippen molar-refractivity contribution in [3.05, 3.63) is 84.2 Å². The highest BCUT2D eigenvalue weighted by Crippen LogP contribution is 2.31. The molecule has 0 aliphatic carbocycles. The Bertz CT molecular complexity index is 1150. The van der Waals surface area contributed by atoms with Crippen LogP contribution in [0, 0.1) is 0 Å². The summed E-state index contributed by atoms with van der Waals surface area (Å²) in [6, 6.07) is 22.2. The van der Waals surface area contributed by atoms with Gasteiger partial charge in [0.1, 0.15) is 5.75 Å². The fraction of sp³-hybridized carbons (Fsp3) is 0.400. The van der Waals surface area contributed by atoms with E-state index >= 15 is 0 Å². The lowest BCUT2D eigenvalue weighted by atomic mass is 10.1. The van der Waals surface area contributed by atoms with Crippen LogP contribution in [0.15, 0.2) is 72.9 Å². The van der Waals surface area contributed by atoms with Crippen molar-refractivity contribution in [2.75, 3.05) is 49.2 Å². The van der Waals surface area contributed by atoms with Crippen molar-refractivity contribution in [3.63, 3.8) is 0 Å². The zero-order valence-electron chi connectivity index (χ0n) is 22.0. The molecule has 0 unspecified atom stereocenters. The predicted molar refractivity (Wildman–Crippen MR) is 158 cm³/mol. The second kappa shape index (κ2) is 13.0. The van der Waals surface area contributed by atoms with E-state index in [-0.39, 0.29) is 12.3 Å². The van der Waals surface area contributed by atoms with E-state index in [1.807, 2.05) is 72.2 Å². The molecular formula is C30H36N4O2S2. The third kappa shape index (κ3) is 6.91. The highest BCUT2D eigenvalue weighted by molar-refractivity contribution is 7.99. The van der Waals surface area contributed by atoms with Gasteiger partial charge in [-0.15, -0.1) is 0 Å². The third-order valence-corrected chi connectivity index (χ3v) is 9.08. The molecule has 2 saturated heterocycles. The molecule has 38 heavy (non-hydrogen) atoms. The Balaban J connectivity index is 1.21. The maximum atomic E-state index is 12.3. The maximum absolute atomic E-state index is 12.3. The molecular weight excluding hydrogens is 512 g/mol. The summed E-state index contributed by atoms with van der Waals surface area (Å²) >= 11 is 4.05. The first-order valence-electron chi connectivity index (χ1n) is 13.3. The maximum Gasteiger partial charge on any atom is 0.226 e. The lowest BCUT2D eigenvalue weighted by molar-refractivity contribution is -0.178. The molecule has 6 nitrogen and oxygen atoms in total. The summed E-state index contributed by atoms with van der Waals surface area (Å²) in [5.41, 5.74) is 3.94. The second-order valence-corrected chi connectivity index (χ2v) is 12.2. The molecule has 0 radical (unpaired) electrons. The van der Waals surface area contributed by atoms with Gasteiger partial charge in [0, 0.05) is 80.1 Å². The summed E-state index contributed by atoms with van der Waals surface area (Å²) in [7, 11) is 0. The molecule has 2 fully saturated rings. The Kier molecular flexibility index (Phi) is 9.27. The molecule has 2 aliphatic rings. The molecule has 0 spiro atoms. The first-order valence-corrected chi connectivity index (χ1v) is 15.6. The van der Waals surface area contributed by atoms with Crippen LogP contribution in [-0.4, -0.2) is 75.7 Å². The smallest absolute Gasteiger partial charge is 0.226 e. The van der Waals surface area contributed by atoms with Crippen LogP contribution in [-0.2, 0) is 17.8 Å². The molecule has 0 saturated carbocycles. The highest BCUT2D eigenvalue weighted by Gasteiger charge is 2.41. The van der Waals surface area contributed by atoms with Crippen LogP contribution in [0.25, 0.3) is 11.1 Å². The molecule has 8 heteroatoms. The van der Waals surface area contributed by atoms with Gasteiger partial charge in [0.15, 0.2) is 0 Å². The van der Waals surface area contributed by atoms with Crippen LogP contribution in [0.1, 0.15) is 18.2 Å². The summed E-state index contributed by atoms with van der Waals surface area (Å²) in [6.07, 6.45) is 2.11. The lowest BCUT2D eigenvalue weighted by Gasteiger charge is -2.50. The Morgan fingerprint density at radius 2 is 1.47 bits per heavy atom. The number of benzene rings is 2. The van der Waals surface area contributed by atoms with Gasteiger partial charge in [0.25, 0.3) is 0 Å². The Morgan fingerprint density at radius 3 is 2.05 bits per heavy atom. The van der Waals surface area contributed by atoms with E-state index in [1.165, 1.54) is 0 Å². The van der Waals surface area contributed by atoms with Crippen LogP contribution in [0.2, 0.25) is 0 Å². The number of rotatable bonds is 9. The number of amides is 1. The van der Waals surface area contributed by atoms with Gasteiger partial charge in [0.2, 0.25) is 11.8 Å². The number of carbonyl (C=O) groups excluding carboxylic acids is 1. The first-order chi connectivity index (χ1) is 18.6. The minimum atomic E-state index is -0.437. The molecule has 3 heterocycles. The van der Waals surface area contributed by atoms with Gasteiger partial charge in [-0.1, -0.05) is 48.5 Å². The van der Waals surface area contributed by atoms with Crippen molar-refractivity contribution in [3.8, 4) is 16.9 Å². The van der Waals surface area contributed by atoms with Crippen LogP contribution >= 0.6 is 23.5 Å². The third-order valence-electron chi connectivity index (χ3n) is 7.19. The molecule has 200 valence electrons. The molecule has 5 rings (SSSR count). The number of pyridine rings is 1. The summed E-state index contributed by atoms with van der Waals surface area (Å²) in [5, 5.41) is 2.96. The quantitative estimate of drug-likeness (QED) is 0.414. The van der Waals surface area contributed by atoms with E-state index in [0.29, 0.717) is 6.54 Å². The van der Waals surface area contributed by atoms with Crippen LogP contribution < -0.4 is 10.1 Å². The van der Waals surface area contributed by atoms with Gasteiger partial charge in [-0.05, 0) is 29.3 Å². The summed E-state index contributed by atoms with van der Waals surface area (Å²) in [4.78, 5) is 21.9. The zero-order chi connectivity index (χ0) is 26.2. The monoisotopic (exact) mass is 548 g/mol. The molecule has 3 aromatic rings. The van der Waals surface area contributed by atoms with Gasteiger partial charge < -0.3 is 10.1 Å². The van der Waals surface area contributed by atoms with Crippen LogP contribution in [0.5, 0.6) is 5.75 Å². The fourth-order valence-electron chi connectivity index (χ4n) is 4.95. The topological polar surface area (TPSA) is 57.7 Å². The van der Waals surface area contributed by atoms with Crippen molar-refractivity contribution in [1.82, 2.24) is 20.1 Å². The SMILES string of the molecule is CC(Oc1ccc(-c2ccc(CC(=O)NCc3ccccc3)nc2)cc1)(N1CCSCC1)N1CCSCC1. The number of thioether (sulfide) groups is 2. The van der Waals surface area contributed by atoms with E-state index in [1.54, 1.807) is 0 Å². The predicted octanol–water partition coefficient (Wildman–Crippen LogP) is 4.76. The molecule has 1 amide bonds. The molecule has 2 aliphatic heterocycles. The number of nitrogens with zero attached hydrogens (tertiary/aromatic N) is 3. The lowest BCUT2D eigenvalue weighted by Crippen LogP contribution is -2.65. The van der Waals surface area contributed by atoms with E-state index in [0.717, 1.165) is 77.3 Å². The van der Waals surface area contributed by atoms with Gasteiger partial charge in [0.05, 0.1) is 6.42 Å². The fourth-order valence-corrected chi connectivity index (χ4v) is 6.75. The van der Waals surface area contributed by atoms with E-state index in [9.17, 15) is 4.79 Å². The number of hydrogen-bond donors (Lipinski definition) is 1. The summed E-state index contributed by atoms with van der Waals surface area (Å²) < 4.78 is 6.76. The summed E-state index contributed by atoms with van der Waals surface area (Å²) in [6.45, 7) is 6.96. The Labute approximate surface area is 234 Å². The molecule has 1 N–H and O–H groups in total. The molecule has 0 bridgehead atoms. The Hall–Kier alpha value is -2.52. The van der Waals surface area contributed by atoms with Crippen molar-refractivity contribution in [1.29, 1.82) is 0 Å². The van der Waals surface area contributed by atoms with Crippen molar-refractivity contribution in [2.45, 2.75) is 25.7 Å². The second-order valence-electron chi connectivity index (χ2n) is 9.74. The number of nitrogens with one attached hydrogen (secondary N) is 1. The van der Waals surface area contributed by atoms with Gasteiger partial charge >= 0.3 is 0 Å². The van der Waals surface area contributed by atoms with Gasteiger partial charge in [-0.2, -0.15) is 23.5 Å². The summed E-state index contributed by atoms with van der Waals surface area (Å²) in [5.74, 6) is 5.02. The number of ether oxygens (including phenoxy) is 1. The van der Waals surface area contributed by atoms with Gasteiger partial charge in [-0.3, -0.25) is 19.6 Å². The molecule has 0 atom stereocenters. The van der Waals surface area contributed by atoms with Gasteiger partial charge in [-0.25, -0.2) is 0 Å². The Morgan fingerprint density at radius 1 is 0.868 bits per heavy atom. The van der Waals surface area contributed by atoms with E-state index in [4.69, 9.17) is 4.74 Å². The minimum absolute atomic E-state index is 0.0294. The van der Waals surface area contributed by atoms with Crippen molar-refractivity contribution >= 4 is 29.4 Å². The highest BCUT2D eigenvalue weighted by atomic mass is 32.2. The first kappa shape index (κ1) is 27.1.